The molecule has 0 aliphatic carbocycles. The van der Waals surface area contributed by atoms with Gasteiger partial charge in [-0.05, 0) is 31.0 Å². The van der Waals surface area contributed by atoms with Gasteiger partial charge in [0.05, 0.1) is 0 Å². The second-order valence-electron chi connectivity index (χ2n) is 5.69. The van der Waals surface area contributed by atoms with Crippen molar-refractivity contribution in [2.24, 2.45) is 0 Å². The van der Waals surface area contributed by atoms with Gasteiger partial charge < -0.3 is 0 Å². The van der Waals surface area contributed by atoms with Crippen LogP contribution in [0.3, 0.4) is 0 Å². The highest BCUT2D eigenvalue weighted by Crippen LogP contribution is 2.43. The number of likely N-dealkylation sites (tertiary alicyclic amines) is 1. The smallest absolute Gasteiger partial charge is 0.0442 e. The molecular weight excluding hydrogens is 266 g/mol. The maximum atomic E-state index is 6.35. The van der Waals surface area contributed by atoms with Crippen molar-refractivity contribution in [3.63, 3.8) is 0 Å². The summed E-state index contributed by atoms with van der Waals surface area (Å²) >= 11 is 6.35. The Labute approximate surface area is 126 Å². The van der Waals surface area contributed by atoms with Crippen molar-refractivity contribution in [1.82, 2.24) is 4.90 Å². The first-order chi connectivity index (χ1) is 9.68. The van der Waals surface area contributed by atoms with E-state index in [2.05, 4.69) is 61.2 Å². The third-order valence-electron chi connectivity index (χ3n) is 4.56. The lowest BCUT2D eigenvalue weighted by Crippen LogP contribution is -2.58. The normalized spacial score (nSPS) is 26.2. The molecule has 2 aromatic carbocycles. The van der Waals surface area contributed by atoms with Gasteiger partial charge >= 0.3 is 0 Å². The van der Waals surface area contributed by atoms with Gasteiger partial charge in [-0.25, -0.2) is 0 Å². The van der Waals surface area contributed by atoms with Crippen LogP contribution in [0, 0.1) is 0 Å². The van der Waals surface area contributed by atoms with Crippen LogP contribution < -0.4 is 0 Å². The minimum absolute atomic E-state index is 0.533. The second-order valence-corrected chi connectivity index (χ2v) is 6.09. The zero-order valence-electron chi connectivity index (χ0n) is 12.0. The fourth-order valence-electron chi connectivity index (χ4n) is 3.43. The summed E-state index contributed by atoms with van der Waals surface area (Å²) in [6.07, 6.45) is 0. The van der Waals surface area contributed by atoms with Crippen molar-refractivity contribution >= 4 is 11.6 Å². The van der Waals surface area contributed by atoms with E-state index in [1.54, 1.807) is 0 Å². The molecule has 1 nitrogen and oxygen atoms in total. The van der Waals surface area contributed by atoms with Crippen molar-refractivity contribution in [3.8, 4) is 0 Å². The molecule has 20 heavy (non-hydrogen) atoms. The molecule has 0 aromatic heterocycles. The van der Waals surface area contributed by atoms with Gasteiger partial charge in [0, 0.05) is 29.6 Å². The number of hydrogen-bond donors (Lipinski definition) is 0. The summed E-state index contributed by atoms with van der Waals surface area (Å²) < 4.78 is 0. The molecule has 104 valence electrons. The molecule has 1 aliphatic heterocycles. The van der Waals surface area contributed by atoms with E-state index < -0.39 is 0 Å². The third kappa shape index (κ3) is 2.36. The van der Waals surface area contributed by atoms with E-state index in [1.165, 1.54) is 11.1 Å². The molecule has 0 N–H and O–H groups in total. The Balaban J connectivity index is 1.75. The molecule has 0 amide bonds. The number of halogens is 1. The molecule has 0 bridgehead atoms. The zero-order chi connectivity index (χ0) is 14.1. The Morgan fingerprint density at radius 3 is 2.15 bits per heavy atom. The molecular formula is C18H20ClN. The van der Waals surface area contributed by atoms with Gasteiger partial charge in [-0.2, -0.15) is 0 Å². The minimum Gasteiger partial charge on any atom is -0.292 e. The average molecular weight is 286 g/mol. The molecule has 0 spiro atoms. The van der Waals surface area contributed by atoms with E-state index in [4.69, 9.17) is 11.6 Å². The molecule has 1 aliphatic rings. The van der Waals surface area contributed by atoms with Crippen LogP contribution in [0.2, 0.25) is 5.02 Å². The van der Waals surface area contributed by atoms with Gasteiger partial charge in [-0.1, -0.05) is 60.1 Å². The van der Waals surface area contributed by atoms with Gasteiger partial charge in [-0.3, -0.25) is 4.90 Å². The third-order valence-corrected chi connectivity index (χ3v) is 4.90. The summed E-state index contributed by atoms with van der Waals surface area (Å²) in [4.78, 5) is 2.54. The van der Waals surface area contributed by atoms with Crippen LogP contribution >= 0.6 is 11.6 Å². The highest BCUT2D eigenvalue weighted by Gasteiger charge is 2.43. The second kappa shape index (κ2) is 5.59. The number of rotatable bonds is 3. The Bertz CT molecular complexity index is 571. The largest absolute Gasteiger partial charge is 0.292 e. The van der Waals surface area contributed by atoms with Crippen LogP contribution in [0.5, 0.6) is 0 Å². The molecule has 2 heteroatoms. The van der Waals surface area contributed by atoms with Crippen LogP contribution in [-0.4, -0.2) is 17.0 Å². The van der Waals surface area contributed by atoms with Gasteiger partial charge in [0.15, 0.2) is 0 Å². The first kappa shape index (κ1) is 13.7. The zero-order valence-corrected chi connectivity index (χ0v) is 12.7. The van der Waals surface area contributed by atoms with Crippen molar-refractivity contribution in [1.29, 1.82) is 0 Å². The Morgan fingerprint density at radius 1 is 0.900 bits per heavy atom. The molecule has 1 fully saturated rings. The average Bonchev–Trinajstić information content (AvgIpc) is 2.48. The van der Waals surface area contributed by atoms with Crippen LogP contribution in [-0.2, 0) is 6.54 Å². The summed E-state index contributed by atoms with van der Waals surface area (Å²) in [6, 6.07) is 20.0. The molecule has 2 aromatic rings. The van der Waals surface area contributed by atoms with Crippen molar-refractivity contribution in [2.45, 2.75) is 38.4 Å². The van der Waals surface area contributed by atoms with Gasteiger partial charge in [0.2, 0.25) is 0 Å². The molecule has 1 heterocycles. The first-order valence-corrected chi connectivity index (χ1v) is 7.60. The van der Waals surface area contributed by atoms with Crippen molar-refractivity contribution < 1.29 is 0 Å². The van der Waals surface area contributed by atoms with E-state index in [0.29, 0.717) is 18.0 Å². The van der Waals surface area contributed by atoms with Crippen LogP contribution in [0.4, 0.5) is 0 Å². The molecule has 3 rings (SSSR count). The first-order valence-electron chi connectivity index (χ1n) is 7.22. The molecule has 2 atom stereocenters. The number of nitrogens with zero attached hydrogens (tertiary/aromatic N) is 1. The monoisotopic (exact) mass is 285 g/mol. The standard InChI is InChI=1S/C18H20ClN/c1-13-18(16-10-6-7-11-17(16)19)14(2)20(13)12-15-8-4-3-5-9-15/h3-11,13-14,18H,12H2,1-2H3. The van der Waals surface area contributed by atoms with E-state index in [9.17, 15) is 0 Å². The van der Waals surface area contributed by atoms with E-state index >= 15 is 0 Å². The van der Waals surface area contributed by atoms with Gasteiger partial charge in [-0.15, -0.1) is 0 Å². The summed E-state index contributed by atoms with van der Waals surface area (Å²) in [5, 5.41) is 0.899. The molecule has 1 saturated heterocycles. The molecule has 2 unspecified atom stereocenters. The van der Waals surface area contributed by atoms with Crippen LogP contribution in [0.1, 0.15) is 30.9 Å². The van der Waals surface area contributed by atoms with Gasteiger partial charge in [0.1, 0.15) is 0 Å². The maximum Gasteiger partial charge on any atom is 0.0442 e. The highest BCUT2D eigenvalue weighted by molar-refractivity contribution is 6.31. The molecule has 0 radical (unpaired) electrons. The number of benzene rings is 2. The quantitative estimate of drug-likeness (QED) is 0.789. The lowest BCUT2D eigenvalue weighted by Gasteiger charge is -2.53. The van der Waals surface area contributed by atoms with E-state index in [1.807, 2.05) is 12.1 Å². The SMILES string of the molecule is CC1C(c2ccccc2Cl)C(C)N1Cc1ccccc1. The topological polar surface area (TPSA) is 3.24 Å². The lowest BCUT2D eigenvalue weighted by molar-refractivity contribution is -0.000985. The summed E-state index contributed by atoms with van der Waals surface area (Å²) in [7, 11) is 0. The Morgan fingerprint density at radius 2 is 1.50 bits per heavy atom. The summed E-state index contributed by atoms with van der Waals surface area (Å²) in [5.41, 5.74) is 2.67. The predicted molar refractivity (Wildman–Crippen MR) is 85.1 cm³/mol. The lowest BCUT2D eigenvalue weighted by atomic mass is 9.76. The number of hydrogen-bond acceptors (Lipinski definition) is 1. The minimum atomic E-state index is 0.533. The summed E-state index contributed by atoms with van der Waals surface area (Å²) in [6.45, 7) is 5.62. The van der Waals surface area contributed by atoms with E-state index in [-0.39, 0.29) is 0 Å². The Kier molecular flexibility index (Phi) is 3.82. The predicted octanol–water partition coefficient (Wildman–Crippen LogP) is 4.72. The van der Waals surface area contributed by atoms with Crippen molar-refractivity contribution in [2.75, 3.05) is 0 Å². The highest BCUT2D eigenvalue weighted by atomic mass is 35.5. The fourth-order valence-corrected chi connectivity index (χ4v) is 3.69. The molecule has 0 saturated carbocycles. The van der Waals surface area contributed by atoms with E-state index in [0.717, 1.165) is 11.6 Å². The van der Waals surface area contributed by atoms with Gasteiger partial charge in [0.25, 0.3) is 0 Å². The summed E-state index contributed by atoms with van der Waals surface area (Å²) in [5.74, 6) is 0.535. The Hall–Kier alpha value is -1.31. The van der Waals surface area contributed by atoms with Crippen LogP contribution in [0.15, 0.2) is 54.6 Å². The van der Waals surface area contributed by atoms with Crippen LogP contribution in [0.25, 0.3) is 0 Å². The fraction of sp³-hybridized carbons (Fsp3) is 0.333. The maximum absolute atomic E-state index is 6.35. The van der Waals surface area contributed by atoms with Crippen molar-refractivity contribution in [3.05, 3.63) is 70.7 Å².